The van der Waals surface area contributed by atoms with E-state index in [1.54, 1.807) is 0 Å². The zero-order valence-electron chi connectivity index (χ0n) is 38.0. The van der Waals surface area contributed by atoms with Crippen molar-refractivity contribution in [3.05, 3.63) is 36.5 Å². The lowest BCUT2D eigenvalue weighted by atomic mass is 10.0. The number of allylic oxidation sites excluding steroid dienone is 6. The molecule has 0 aliphatic heterocycles. The first-order chi connectivity index (χ1) is 28.0. The molecule has 57 heavy (non-hydrogen) atoms. The van der Waals surface area contributed by atoms with Crippen molar-refractivity contribution >= 4 is 11.9 Å². The van der Waals surface area contributed by atoms with Gasteiger partial charge in [0.25, 0.3) is 0 Å². The Morgan fingerprint density at radius 1 is 0.509 bits per heavy atom. The number of hydrogen-bond acceptors (Lipinski definition) is 5. The molecule has 0 saturated heterocycles. The minimum atomic E-state index is -0.791. The monoisotopic (exact) mass is 802 g/mol. The van der Waals surface area contributed by atoms with E-state index in [4.69, 9.17) is 4.74 Å². The third kappa shape index (κ3) is 40.6. The van der Waals surface area contributed by atoms with Gasteiger partial charge in [0.05, 0.1) is 25.2 Å². The number of rotatable bonds is 44. The molecule has 0 saturated carbocycles. The maximum absolute atomic E-state index is 13.1. The van der Waals surface area contributed by atoms with E-state index >= 15 is 0 Å². The molecule has 6 nitrogen and oxygen atoms in total. The van der Waals surface area contributed by atoms with Crippen molar-refractivity contribution in [2.75, 3.05) is 6.61 Å². The highest BCUT2D eigenvalue weighted by molar-refractivity contribution is 5.77. The summed E-state index contributed by atoms with van der Waals surface area (Å²) in [6.45, 7) is 6.40. The van der Waals surface area contributed by atoms with Crippen molar-refractivity contribution in [3.8, 4) is 0 Å². The molecule has 0 aromatic carbocycles. The first kappa shape index (κ1) is 55.1. The van der Waals surface area contributed by atoms with Crippen LogP contribution in [-0.2, 0) is 14.3 Å². The van der Waals surface area contributed by atoms with Crippen LogP contribution < -0.4 is 5.32 Å². The van der Waals surface area contributed by atoms with Crippen LogP contribution in [0.3, 0.4) is 0 Å². The maximum atomic E-state index is 13.1. The number of hydrogen-bond donors (Lipinski definition) is 3. The predicted molar refractivity (Wildman–Crippen MR) is 246 cm³/mol. The number of ether oxygens (including phenoxy) is 1. The van der Waals surface area contributed by atoms with Gasteiger partial charge in [0.15, 0.2) is 0 Å². The van der Waals surface area contributed by atoms with E-state index in [-0.39, 0.29) is 24.9 Å². The number of amides is 1. The van der Waals surface area contributed by atoms with Gasteiger partial charge in [-0.15, -0.1) is 0 Å². The lowest BCUT2D eigenvalue weighted by molar-refractivity contribution is -0.151. The van der Waals surface area contributed by atoms with Gasteiger partial charge in [0.1, 0.15) is 6.10 Å². The number of aliphatic hydroxyl groups excluding tert-OH is 2. The second kappa shape index (κ2) is 45.2. The smallest absolute Gasteiger partial charge is 0.306 e. The van der Waals surface area contributed by atoms with Crippen LogP contribution in [0.4, 0.5) is 0 Å². The molecule has 0 rings (SSSR count). The molecule has 6 heteroatoms. The van der Waals surface area contributed by atoms with Gasteiger partial charge in [-0.05, 0) is 70.6 Å². The minimum absolute atomic E-state index is 0.0613. The molecule has 0 aromatic heterocycles. The van der Waals surface area contributed by atoms with Crippen molar-refractivity contribution in [1.82, 2.24) is 5.32 Å². The Bertz CT molecular complexity index is 946. The van der Waals surface area contributed by atoms with E-state index in [1.807, 2.05) is 0 Å². The molecular weight excluding hydrogens is 707 g/mol. The van der Waals surface area contributed by atoms with E-state index in [9.17, 15) is 19.8 Å². The van der Waals surface area contributed by atoms with Crippen molar-refractivity contribution < 1.29 is 24.5 Å². The van der Waals surface area contributed by atoms with Crippen LogP contribution in [0.25, 0.3) is 0 Å². The molecule has 1 amide bonds. The molecule has 3 N–H and O–H groups in total. The third-order valence-corrected chi connectivity index (χ3v) is 11.2. The largest absolute Gasteiger partial charge is 0.462 e. The van der Waals surface area contributed by atoms with Crippen LogP contribution in [0.1, 0.15) is 252 Å². The molecule has 3 unspecified atom stereocenters. The molecule has 0 aliphatic rings. The standard InChI is InChI=1S/C51H95NO5/c1-4-7-10-13-16-19-21-23-24-25-26-27-28-30-32-35-38-41-44-51(56)57-47(42-39-36-33-18-15-12-9-6-3)45-50(55)52-48(46-53)49(54)43-40-37-34-31-29-22-20-17-14-11-8-5-2/h12,15,24-27,47-49,53-54H,4-11,13-14,16-23,28-46H2,1-3H3,(H,52,55)/b15-12-,25-24+,27-26+. The number of unbranched alkanes of at least 4 members (excludes halogenated alkanes) is 27. The molecule has 0 radical (unpaired) electrons. The minimum Gasteiger partial charge on any atom is -0.462 e. The number of carbonyl (C=O) groups is 2. The summed E-state index contributed by atoms with van der Waals surface area (Å²) in [5.74, 6) is -0.506. The number of carbonyl (C=O) groups excluding carboxylic acids is 2. The maximum Gasteiger partial charge on any atom is 0.306 e. The van der Waals surface area contributed by atoms with Crippen LogP contribution in [0, 0.1) is 0 Å². The van der Waals surface area contributed by atoms with E-state index < -0.39 is 18.2 Å². The van der Waals surface area contributed by atoms with Gasteiger partial charge in [0, 0.05) is 6.42 Å². The Labute approximate surface area is 353 Å². The predicted octanol–water partition coefficient (Wildman–Crippen LogP) is 14.5. The zero-order chi connectivity index (χ0) is 41.7. The fourth-order valence-corrected chi connectivity index (χ4v) is 7.42. The van der Waals surface area contributed by atoms with Crippen LogP contribution in [-0.4, -0.2) is 46.9 Å². The van der Waals surface area contributed by atoms with E-state index in [2.05, 4.69) is 62.5 Å². The molecule has 0 fully saturated rings. The fourth-order valence-electron chi connectivity index (χ4n) is 7.42. The number of esters is 1. The highest BCUT2D eigenvalue weighted by Gasteiger charge is 2.24. The molecule has 0 bridgehead atoms. The summed E-state index contributed by atoms with van der Waals surface area (Å²) >= 11 is 0. The van der Waals surface area contributed by atoms with Crippen molar-refractivity contribution in [2.45, 2.75) is 270 Å². The Balaban J connectivity index is 4.45. The van der Waals surface area contributed by atoms with Crippen molar-refractivity contribution in [2.24, 2.45) is 0 Å². The molecular formula is C51H95NO5. The first-order valence-corrected chi connectivity index (χ1v) is 24.7. The van der Waals surface area contributed by atoms with Gasteiger partial charge in [-0.3, -0.25) is 9.59 Å². The Kier molecular flexibility index (Phi) is 43.6. The third-order valence-electron chi connectivity index (χ3n) is 11.2. The van der Waals surface area contributed by atoms with Crippen molar-refractivity contribution in [3.63, 3.8) is 0 Å². The summed E-state index contributed by atoms with van der Waals surface area (Å²) in [6, 6.07) is -0.705. The summed E-state index contributed by atoms with van der Waals surface area (Å²) in [6.07, 6.45) is 52.2. The molecule has 334 valence electrons. The van der Waals surface area contributed by atoms with Crippen LogP contribution in [0.5, 0.6) is 0 Å². The zero-order valence-corrected chi connectivity index (χ0v) is 38.0. The lowest BCUT2D eigenvalue weighted by Gasteiger charge is -2.24. The quantitative estimate of drug-likeness (QED) is 0.0247. The van der Waals surface area contributed by atoms with E-state index in [0.717, 1.165) is 89.9 Å². The second-order valence-corrected chi connectivity index (χ2v) is 16.9. The van der Waals surface area contributed by atoms with Crippen LogP contribution in [0.15, 0.2) is 36.5 Å². The van der Waals surface area contributed by atoms with Gasteiger partial charge >= 0.3 is 5.97 Å². The Morgan fingerprint density at radius 3 is 1.44 bits per heavy atom. The molecule has 0 aromatic rings. The summed E-state index contributed by atoms with van der Waals surface area (Å²) in [5.41, 5.74) is 0. The average molecular weight is 802 g/mol. The van der Waals surface area contributed by atoms with E-state index in [0.29, 0.717) is 19.3 Å². The topological polar surface area (TPSA) is 95.9 Å². The Hall–Kier alpha value is -1.92. The molecule has 0 spiro atoms. The first-order valence-electron chi connectivity index (χ1n) is 24.7. The summed E-state index contributed by atoms with van der Waals surface area (Å²) in [5, 5.41) is 23.6. The van der Waals surface area contributed by atoms with E-state index in [1.165, 1.54) is 116 Å². The second-order valence-electron chi connectivity index (χ2n) is 16.9. The summed E-state index contributed by atoms with van der Waals surface area (Å²) in [4.78, 5) is 26.0. The van der Waals surface area contributed by atoms with Gasteiger partial charge < -0.3 is 20.3 Å². The SMILES string of the molecule is CCC/C=C\CCCCCC(CC(=O)NC(CO)C(O)CCCCCCCCCCCCCC)OC(=O)CCCCCCC/C=C/C=C/CCCCCCCCC. The number of aliphatic hydroxyl groups is 2. The van der Waals surface area contributed by atoms with Crippen LogP contribution in [0.2, 0.25) is 0 Å². The average Bonchev–Trinajstić information content (AvgIpc) is 3.20. The van der Waals surface area contributed by atoms with Gasteiger partial charge in [0.2, 0.25) is 5.91 Å². The summed E-state index contributed by atoms with van der Waals surface area (Å²) < 4.78 is 5.88. The Morgan fingerprint density at radius 2 is 0.930 bits per heavy atom. The van der Waals surface area contributed by atoms with Gasteiger partial charge in [-0.1, -0.05) is 205 Å². The normalized spacial score (nSPS) is 13.6. The lowest BCUT2D eigenvalue weighted by Crippen LogP contribution is -2.46. The number of nitrogens with one attached hydrogen (secondary N) is 1. The highest BCUT2D eigenvalue weighted by Crippen LogP contribution is 2.17. The molecule has 0 heterocycles. The fraction of sp³-hybridized carbons (Fsp3) is 0.843. The highest BCUT2D eigenvalue weighted by atomic mass is 16.5. The molecule has 0 aliphatic carbocycles. The molecule has 3 atom stereocenters. The van der Waals surface area contributed by atoms with Crippen molar-refractivity contribution in [1.29, 1.82) is 0 Å². The van der Waals surface area contributed by atoms with Gasteiger partial charge in [-0.25, -0.2) is 0 Å². The summed E-state index contributed by atoms with van der Waals surface area (Å²) in [7, 11) is 0. The van der Waals surface area contributed by atoms with Crippen LogP contribution >= 0.6 is 0 Å². The van der Waals surface area contributed by atoms with Gasteiger partial charge in [-0.2, -0.15) is 0 Å².